The molecule has 10 heteroatoms. The van der Waals surface area contributed by atoms with Crippen LogP contribution in [0.15, 0.2) is 29.2 Å². The van der Waals surface area contributed by atoms with E-state index in [-0.39, 0.29) is 22.9 Å². The molecular formula is C18H22N5O4S+. The number of piperidine rings is 1. The number of sulfonamides is 1. The number of hydrogen-bond acceptors (Lipinski definition) is 6. The molecule has 3 rings (SSSR count). The average Bonchev–Trinajstić information content (AvgIpc) is 2.69. The van der Waals surface area contributed by atoms with E-state index in [4.69, 9.17) is 5.26 Å². The van der Waals surface area contributed by atoms with Crippen molar-refractivity contribution in [2.45, 2.75) is 29.8 Å². The van der Waals surface area contributed by atoms with Crippen molar-refractivity contribution in [2.24, 2.45) is 0 Å². The van der Waals surface area contributed by atoms with E-state index in [0.717, 1.165) is 4.90 Å². The molecule has 0 radical (unpaired) electrons. The van der Waals surface area contributed by atoms with Gasteiger partial charge < -0.3 is 0 Å². The topological polar surface area (TPSA) is 114 Å². The molecule has 1 N–H and O–H groups in total. The van der Waals surface area contributed by atoms with Crippen molar-refractivity contribution in [3.8, 4) is 6.07 Å². The number of urea groups is 1. The predicted molar refractivity (Wildman–Crippen MR) is 100 cm³/mol. The fraction of sp³-hybridized carbons (Fsp3) is 0.444. The maximum Gasteiger partial charge on any atom is 0.500 e. The third-order valence-electron chi connectivity index (χ3n) is 5.08. The molecule has 1 fully saturated rings. The number of likely N-dealkylation sites (N-methyl/N-ethyl adjacent to an activating group) is 1. The van der Waals surface area contributed by atoms with E-state index >= 15 is 0 Å². The zero-order chi connectivity index (χ0) is 20.5. The van der Waals surface area contributed by atoms with Gasteiger partial charge in [-0.2, -0.15) is 15.0 Å². The van der Waals surface area contributed by atoms with E-state index in [9.17, 15) is 18.0 Å². The van der Waals surface area contributed by atoms with Gasteiger partial charge >= 0.3 is 11.9 Å². The molecule has 0 saturated carbocycles. The van der Waals surface area contributed by atoms with Crippen molar-refractivity contribution in [1.29, 1.82) is 5.26 Å². The zero-order valence-electron chi connectivity index (χ0n) is 15.7. The van der Waals surface area contributed by atoms with Gasteiger partial charge in [0.1, 0.15) is 6.21 Å². The molecule has 2 heterocycles. The molecular weight excluding hydrogens is 382 g/mol. The van der Waals surface area contributed by atoms with Gasteiger partial charge in [0.2, 0.25) is 10.0 Å². The molecule has 0 bridgehead atoms. The standard InChI is InChI=1S/C18H22N5O4S/c1-21-12-16(17(24)22(2)18(21)25)23-9-7-14(8-10-23)20-28(26,27)15-5-3-13(11-19)4-6-15/h3-6,12,14,16,20H,7-10H2,1-2H3/q+1. The normalized spacial score (nSPS) is 22.1. The molecule has 28 heavy (non-hydrogen) atoms. The summed E-state index contributed by atoms with van der Waals surface area (Å²) in [6, 6.07) is 6.58. The second-order valence-corrected chi connectivity index (χ2v) is 8.67. The van der Waals surface area contributed by atoms with Crippen LogP contribution in [-0.4, -0.2) is 80.2 Å². The van der Waals surface area contributed by atoms with Crippen LogP contribution >= 0.6 is 0 Å². The Hall–Kier alpha value is -2.61. The van der Waals surface area contributed by atoms with Crippen LogP contribution in [0, 0.1) is 11.3 Å². The fourth-order valence-electron chi connectivity index (χ4n) is 3.41. The number of imide groups is 1. The maximum absolute atomic E-state index is 12.5. The highest BCUT2D eigenvalue weighted by Crippen LogP contribution is 2.18. The molecule has 1 atom stereocenters. The first kappa shape index (κ1) is 20.1. The van der Waals surface area contributed by atoms with Crippen LogP contribution in [0.25, 0.3) is 0 Å². The van der Waals surface area contributed by atoms with Crippen LogP contribution in [0.1, 0.15) is 18.4 Å². The average molecular weight is 404 g/mol. The molecule has 1 aromatic carbocycles. The maximum atomic E-state index is 12.5. The summed E-state index contributed by atoms with van der Waals surface area (Å²) in [5, 5.41) is 8.82. The first-order valence-electron chi connectivity index (χ1n) is 8.89. The SMILES string of the molecule is CN1C(=O)C(N2CCC(NS(=O)(=O)c3ccc(C#N)cc3)CC2)C=[N+](C)C1=O. The second kappa shape index (κ2) is 7.79. The summed E-state index contributed by atoms with van der Waals surface area (Å²) >= 11 is 0. The lowest BCUT2D eigenvalue weighted by atomic mass is 10.0. The number of amides is 3. The van der Waals surface area contributed by atoms with Gasteiger partial charge in [0.15, 0.2) is 6.04 Å². The van der Waals surface area contributed by atoms with Gasteiger partial charge in [-0.05, 0) is 37.1 Å². The summed E-state index contributed by atoms with van der Waals surface area (Å²) < 4.78 is 29.2. The van der Waals surface area contributed by atoms with Gasteiger partial charge in [-0.3, -0.25) is 4.90 Å². The molecule has 3 amide bonds. The van der Waals surface area contributed by atoms with Crippen molar-refractivity contribution in [2.75, 3.05) is 27.2 Å². The highest BCUT2D eigenvalue weighted by atomic mass is 32.2. The van der Waals surface area contributed by atoms with Crippen molar-refractivity contribution in [3.05, 3.63) is 29.8 Å². The molecule has 1 aromatic rings. The zero-order valence-corrected chi connectivity index (χ0v) is 16.5. The molecule has 148 valence electrons. The first-order chi connectivity index (χ1) is 13.2. The number of nitrogens with zero attached hydrogens (tertiary/aromatic N) is 4. The molecule has 0 aliphatic carbocycles. The van der Waals surface area contributed by atoms with Crippen LogP contribution in [-0.2, 0) is 14.8 Å². The number of likely N-dealkylation sites (tertiary alicyclic amines) is 1. The Morgan fingerprint density at radius 2 is 1.79 bits per heavy atom. The Morgan fingerprint density at radius 3 is 2.36 bits per heavy atom. The van der Waals surface area contributed by atoms with Gasteiger partial charge in [0.25, 0.3) is 0 Å². The summed E-state index contributed by atoms with van der Waals surface area (Å²) in [6.45, 7) is 1.06. The van der Waals surface area contributed by atoms with Gasteiger partial charge in [-0.25, -0.2) is 22.5 Å². The number of hydrogen-bond donors (Lipinski definition) is 1. The summed E-state index contributed by atoms with van der Waals surface area (Å²) in [5.74, 6) is -0.278. The summed E-state index contributed by atoms with van der Waals surface area (Å²) in [4.78, 5) is 27.4. The molecule has 0 spiro atoms. The van der Waals surface area contributed by atoms with Gasteiger partial charge in [-0.15, -0.1) is 0 Å². The lowest BCUT2D eigenvalue weighted by molar-refractivity contribution is -0.401. The van der Waals surface area contributed by atoms with Crippen LogP contribution in [0.4, 0.5) is 4.79 Å². The van der Waals surface area contributed by atoms with Crippen LogP contribution in [0.2, 0.25) is 0 Å². The third-order valence-corrected chi connectivity index (χ3v) is 6.61. The minimum atomic E-state index is -3.68. The van der Waals surface area contributed by atoms with Crippen LogP contribution in [0.3, 0.4) is 0 Å². The van der Waals surface area contributed by atoms with E-state index in [0.29, 0.717) is 31.5 Å². The number of benzene rings is 1. The predicted octanol–water partition coefficient (Wildman–Crippen LogP) is -0.0253. The fourth-order valence-corrected chi connectivity index (χ4v) is 4.72. The smallest absolute Gasteiger partial charge is 0.284 e. The van der Waals surface area contributed by atoms with E-state index in [1.807, 2.05) is 11.0 Å². The van der Waals surface area contributed by atoms with E-state index in [1.165, 1.54) is 35.9 Å². The van der Waals surface area contributed by atoms with E-state index in [2.05, 4.69) is 4.72 Å². The molecule has 2 aliphatic heterocycles. The second-order valence-electron chi connectivity index (χ2n) is 6.95. The van der Waals surface area contributed by atoms with Crippen molar-refractivity contribution >= 4 is 28.2 Å². The minimum absolute atomic E-state index is 0.117. The van der Waals surface area contributed by atoms with Crippen LogP contribution < -0.4 is 4.72 Å². The number of nitriles is 1. The van der Waals surface area contributed by atoms with Gasteiger partial charge in [0, 0.05) is 19.1 Å². The van der Waals surface area contributed by atoms with E-state index < -0.39 is 16.1 Å². The third kappa shape index (κ3) is 3.96. The lowest BCUT2D eigenvalue weighted by Crippen LogP contribution is -2.59. The molecule has 1 unspecified atom stereocenters. The lowest BCUT2D eigenvalue weighted by Gasteiger charge is -2.36. The number of rotatable bonds is 4. The van der Waals surface area contributed by atoms with Crippen LogP contribution in [0.5, 0.6) is 0 Å². The Labute approximate surface area is 163 Å². The van der Waals surface area contributed by atoms with Crippen molar-refractivity contribution in [3.63, 3.8) is 0 Å². The highest BCUT2D eigenvalue weighted by Gasteiger charge is 2.42. The van der Waals surface area contributed by atoms with E-state index in [1.54, 1.807) is 13.3 Å². The summed E-state index contributed by atoms with van der Waals surface area (Å²) in [6.07, 6.45) is 2.70. The van der Waals surface area contributed by atoms with Crippen molar-refractivity contribution < 1.29 is 22.6 Å². The Kier molecular flexibility index (Phi) is 5.60. The number of carbonyl (C=O) groups excluding carboxylic acids is 2. The summed E-state index contributed by atoms with van der Waals surface area (Å²) in [7, 11) is -0.611. The highest BCUT2D eigenvalue weighted by molar-refractivity contribution is 7.89. The minimum Gasteiger partial charge on any atom is -0.284 e. The Balaban J connectivity index is 1.63. The Morgan fingerprint density at radius 1 is 1.18 bits per heavy atom. The molecule has 9 nitrogen and oxygen atoms in total. The number of carbonyl (C=O) groups is 2. The largest absolute Gasteiger partial charge is 0.500 e. The molecule has 2 aliphatic rings. The quantitative estimate of drug-likeness (QED) is 0.706. The molecule has 0 aromatic heterocycles. The van der Waals surface area contributed by atoms with Gasteiger partial charge in [0.05, 0.1) is 30.6 Å². The van der Waals surface area contributed by atoms with Crippen molar-refractivity contribution in [1.82, 2.24) is 14.5 Å². The summed E-state index contributed by atoms with van der Waals surface area (Å²) in [5.41, 5.74) is 0.397. The Bertz CT molecular complexity index is 957. The monoisotopic (exact) mass is 404 g/mol. The molecule has 1 saturated heterocycles. The number of nitrogens with one attached hydrogen (secondary N) is 1. The first-order valence-corrected chi connectivity index (χ1v) is 10.4. The van der Waals surface area contributed by atoms with Gasteiger partial charge in [-0.1, -0.05) is 0 Å².